The lowest BCUT2D eigenvalue weighted by Crippen LogP contribution is -2.53. The maximum Gasteiger partial charge on any atom is 0.274 e. The number of aromatic nitrogens is 1. The zero-order valence-corrected chi connectivity index (χ0v) is 25.6. The number of amides is 3. The first kappa shape index (κ1) is 29.6. The van der Waals surface area contributed by atoms with Gasteiger partial charge in [0.15, 0.2) is 5.78 Å². The highest BCUT2D eigenvalue weighted by Gasteiger charge is 2.52. The van der Waals surface area contributed by atoms with Crippen LogP contribution in [0.1, 0.15) is 73.9 Å². The number of nitrogens with one attached hydrogen (secondary N) is 1. The Hall–Kier alpha value is -3.85. The van der Waals surface area contributed by atoms with E-state index >= 15 is 0 Å². The Morgan fingerprint density at radius 3 is 2.36 bits per heavy atom. The molecular weight excluding hydrogens is 548 g/mol. The number of hydrogen-bond acceptors (Lipinski definition) is 6. The van der Waals surface area contributed by atoms with Crippen LogP contribution in [0.25, 0.3) is 10.6 Å². The van der Waals surface area contributed by atoms with Crippen molar-refractivity contribution < 1.29 is 19.2 Å². The van der Waals surface area contributed by atoms with Gasteiger partial charge in [-0.05, 0) is 41.9 Å². The highest BCUT2D eigenvalue weighted by molar-refractivity contribution is 7.13. The molecule has 2 saturated heterocycles. The number of benzene rings is 2. The topological polar surface area (TPSA) is 99.7 Å². The van der Waals surface area contributed by atoms with Gasteiger partial charge in [0.1, 0.15) is 22.8 Å². The summed E-state index contributed by atoms with van der Waals surface area (Å²) in [6.45, 7) is 10.6. The van der Waals surface area contributed by atoms with Crippen LogP contribution in [0.2, 0.25) is 0 Å². The number of thiazole rings is 1. The van der Waals surface area contributed by atoms with Gasteiger partial charge in [0, 0.05) is 23.1 Å². The fraction of sp³-hybridized carbons (Fsp3) is 0.424. The van der Waals surface area contributed by atoms with Crippen molar-refractivity contribution in [1.82, 2.24) is 20.1 Å². The second kappa shape index (κ2) is 11.8. The molecular formula is C33H38N4O4S. The molecule has 1 aromatic heterocycles. The lowest BCUT2D eigenvalue weighted by atomic mass is 9.86. The molecule has 0 aliphatic carbocycles. The quantitative estimate of drug-likeness (QED) is 0.423. The molecule has 3 atom stereocenters. The summed E-state index contributed by atoms with van der Waals surface area (Å²) < 4.78 is 0. The average Bonchev–Trinajstić information content (AvgIpc) is 3.69. The van der Waals surface area contributed by atoms with Crippen LogP contribution in [-0.4, -0.2) is 69.5 Å². The molecule has 2 unspecified atom stereocenters. The molecule has 0 bridgehead atoms. The SMILES string of the molecule is CC(C)C[C@H](NC(=O)c1ccc(C(C)(C)C)cc1)C(=O)N1CCC2C1C(=O)CN2C(=O)c1csc(-c2ccccc2)n1. The smallest absolute Gasteiger partial charge is 0.274 e. The number of rotatable bonds is 7. The summed E-state index contributed by atoms with van der Waals surface area (Å²) in [6, 6.07) is 15.2. The number of hydrogen-bond donors (Lipinski definition) is 1. The van der Waals surface area contributed by atoms with Gasteiger partial charge in [0.05, 0.1) is 12.6 Å². The van der Waals surface area contributed by atoms with E-state index in [2.05, 4.69) is 31.1 Å². The minimum Gasteiger partial charge on any atom is -0.340 e. The molecule has 3 amide bonds. The summed E-state index contributed by atoms with van der Waals surface area (Å²) in [6.07, 6.45) is 0.941. The maximum atomic E-state index is 13.9. The first-order valence-corrected chi connectivity index (χ1v) is 15.4. The molecule has 3 heterocycles. The highest BCUT2D eigenvalue weighted by Crippen LogP contribution is 2.33. The van der Waals surface area contributed by atoms with E-state index in [-0.39, 0.29) is 41.4 Å². The molecule has 2 aliphatic rings. The maximum absolute atomic E-state index is 13.9. The number of Topliss-reactive ketones (excluding diaryl/α,β-unsaturated/α-hetero) is 1. The lowest BCUT2D eigenvalue weighted by Gasteiger charge is -2.29. The Kier molecular flexibility index (Phi) is 8.32. The molecule has 0 saturated carbocycles. The third kappa shape index (κ3) is 6.02. The van der Waals surface area contributed by atoms with Crippen LogP contribution >= 0.6 is 11.3 Å². The standard InChI is InChI=1S/C33H38N4O4S/c1-20(2)17-24(34-29(39)21-11-13-23(14-12-21)33(3,4)5)31(40)36-16-15-26-28(36)27(38)18-37(26)32(41)25-19-42-30(35-25)22-9-7-6-8-10-22/h6-14,19-20,24,26,28H,15-18H2,1-5H3,(H,34,39)/t24-,26?,28?/m0/s1. The van der Waals surface area contributed by atoms with E-state index in [1.807, 2.05) is 56.3 Å². The Morgan fingerprint density at radius 1 is 1.02 bits per heavy atom. The molecule has 0 spiro atoms. The van der Waals surface area contributed by atoms with Crippen LogP contribution in [0.4, 0.5) is 0 Å². The van der Waals surface area contributed by atoms with Crippen LogP contribution in [0.3, 0.4) is 0 Å². The Balaban J connectivity index is 1.30. The second-order valence-corrected chi connectivity index (χ2v) is 13.5. The molecule has 0 radical (unpaired) electrons. The molecule has 2 aromatic carbocycles. The Bertz CT molecular complexity index is 1480. The van der Waals surface area contributed by atoms with Crippen LogP contribution in [0.15, 0.2) is 60.0 Å². The summed E-state index contributed by atoms with van der Waals surface area (Å²) in [7, 11) is 0. The third-order valence-corrected chi connectivity index (χ3v) is 8.93. The van der Waals surface area contributed by atoms with Gasteiger partial charge in [-0.1, -0.05) is 77.1 Å². The van der Waals surface area contributed by atoms with E-state index in [1.54, 1.807) is 27.3 Å². The summed E-state index contributed by atoms with van der Waals surface area (Å²) in [4.78, 5) is 61.5. The summed E-state index contributed by atoms with van der Waals surface area (Å²) >= 11 is 1.39. The van der Waals surface area contributed by atoms with Gasteiger partial charge in [-0.3, -0.25) is 19.2 Å². The van der Waals surface area contributed by atoms with E-state index in [4.69, 9.17) is 0 Å². The van der Waals surface area contributed by atoms with Gasteiger partial charge < -0.3 is 15.1 Å². The van der Waals surface area contributed by atoms with Gasteiger partial charge in [-0.2, -0.15) is 0 Å². The Labute approximate surface area is 251 Å². The summed E-state index contributed by atoms with van der Waals surface area (Å²) in [5.41, 5.74) is 2.79. The third-order valence-electron chi connectivity index (χ3n) is 8.03. The first-order chi connectivity index (χ1) is 19.9. The van der Waals surface area contributed by atoms with E-state index in [0.29, 0.717) is 30.6 Å². The van der Waals surface area contributed by atoms with E-state index in [9.17, 15) is 19.2 Å². The lowest BCUT2D eigenvalue weighted by molar-refractivity contribution is -0.138. The van der Waals surface area contributed by atoms with Gasteiger partial charge in [-0.25, -0.2) is 4.98 Å². The van der Waals surface area contributed by atoms with Crippen LogP contribution < -0.4 is 5.32 Å². The number of likely N-dealkylation sites (tertiary alicyclic amines) is 2. The van der Waals surface area contributed by atoms with Crippen molar-refractivity contribution in [3.8, 4) is 10.6 Å². The zero-order chi connectivity index (χ0) is 30.2. The minimum atomic E-state index is -0.775. The number of carbonyl (C=O) groups excluding carboxylic acids is 4. The van der Waals surface area contributed by atoms with E-state index < -0.39 is 18.1 Å². The van der Waals surface area contributed by atoms with Crippen molar-refractivity contribution in [3.63, 3.8) is 0 Å². The molecule has 2 aliphatic heterocycles. The number of fused-ring (bicyclic) bond motifs is 1. The molecule has 9 heteroatoms. The number of ketones is 1. The summed E-state index contributed by atoms with van der Waals surface area (Å²) in [5.74, 6) is -0.919. The minimum absolute atomic E-state index is 0.0375. The predicted octanol–water partition coefficient (Wildman–Crippen LogP) is 4.95. The van der Waals surface area contributed by atoms with Gasteiger partial charge in [-0.15, -0.1) is 11.3 Å². The zero-order valence-electron chi connectivity index (χ0n) is 24.8. The van der Waals surface area contributed by atoms with Crippen molar-refractivity contribution in [3.05, 3.63) is 76.8 Å². The van der Waals surface area contributed by atoms with Crippen LogP contribution in [0, 0.1) is 5.92 Å². The van der Waals surface area contributed by atoms with Crippen molar-refractivity contribution in [2.24, 2.45) is 5.92 Å². The molecule has 5 rings (SSSR count). The molecule has 3 aromatic rings. The molecule has 42 heavy (non-hydrogen) atoms. The van der Waals surface area contributed by atoms with Crippen LogP contribution in [-0.2, 0) is 15.0 Å². The monoisotopic (exact) mass is 586 g/mol. The molecule has 1 N–H and O–H groups in total. The van der Waals surface area contributed by atoms with Gasteiger partial charge >= 0.3 is 0 Å². The van der Waals surface area contributed by atoms with E-state index in [0.717, 1.165) is 16.1 Å². The molecule has 8 nitrogen and oxygen atoms in total. The normalized spacial score (nSPS) is 19.2. The van der Waals surface area contributed by atoms with Gasteiger partial charge in [0.2, 0.25) is 5.91 Å². The molecule has 2 fully saturated rings. The average molecular weight is 587 g/mol. The van der Waals surface area contributed by atoms with Gasteiger partial charge in [0.25, 0.3) is 11.8 Å². The summed E-state index contributed by atoms with van der Waals surface area (Å²) in [5, 5.41) is 5.41. The predicted molar refractivity (Wildman–Crippen MR) is 163 cm³/mol. The number of carbonyl (C=O) groups is 4. The second-order valence-electron chi connectivity index (χ2n) is 12.6. The first-order valence-electron chi connectivity index (χ1n) is 14.5. The van der Waals surface area contributed by atoms with Crippen LogP contribution in [0.5, 0.6) is 0 Å². The number of nitrogens with zero attached hydrogens (tertiary/aromatic N) is 3. The van der Waals surface area contributed by atoms with Crippen molar-refractivity contribution >= 4 is 34.8 Å². The highest BCUT2D eigenvalue weighted by atomic mass is 32.1. The molecule has 220 valence electrons. The Morgan fingerprint density at radius 2 is 1.71 bits per heavy atom. The fourth-order valence-corrected chi connectivity index (χ4v) is 6.63. The largest absolute Gasteiger partial charge is 0.340 e. The fourth-order valence-electron chi connectivity index (χ4n) is 5.83. The van der Waals surface area contributed by atoms with Crippen molar-refractivity contribution in [2.75, 3.05) is 13.1 Å². The van der Waals surface area contributed by atoms with Crippen molar-refractivity contribution in [1.29, 1.82) is 0 Å². The van der Waals surface area contributed by atoms with E-state index in [1.165, 1.54) is 11.3 Å². The van der Waals surface area contributed by atoms with Crippen molar-refractivity contribution in [2.45, 2.75) is 71.0 Å².